The fourth-order valence-corrected chi connectivity index (χ4v) is 2.47. The summed E-state index contributed by atoms with van der Waals surface area (Å²) >= 11 is 1.36. The summed E-state index contributed by atoms with van der Waals surface area (Å²) in [4.78, 5) is 11.6. The van der Waals surface area contributed by atoms with Gasteiger partial charge in [0.2, 0.25) is 4.80 Å². The lowest BCUT2D eigenvalue weighted by molar-refractivity contribution is 0.0698. The molecule has 15 heavy (non-hydrogen) atoms. The fraction of sp³-hybridized carbons (Fsp3) is 0.111. The van der Waals surface area contributed by atoms with Crippen LogP contribution in [0.3, 0.4) is 0 Å². The first-order valence-corrected chi connectivity index (χ1v) is 5.02. The lowest BCUT2D eigenvalue weighted by Crippen LogP contribution is -2.13. The molecule has 2 rings (SSSR count). The Labute approximate surface area is 89.1 Å². The molecule has 2 aromatic rings. The maximum atomic E-state index is 11.0. The molecule has 0 amide bonds. The number of thiazole rings is 1. The number of rotatable bonds is 1. The Bertz CT molecular complexity index is 597. The van der Waals surface area contributed by atoms with Crippen molar-refractivity contribution >= 4 is 27.5 Å². The highest BCUT2D eigenvalue weighted by Crippen LogP contribution is 2.20. The van der Waals surface area contributed by atoms with Gasteiger partial charge in [0, 0.05) is 7.05 Å². The molecule has 0 bridgehead atoms. The van der Waals surface area contributed by atoms with E-state index in [1.807, 2.05) is 6.07 Å². The number of carboxylic acids is 1. The molecule has 0 radical (unpaired) electrons. The second kappa shape index (κ2) is 3.39. The zero-order valence-corrected chi connectivity index (χ0v) is 8.78. The molecule has 0 spiro atoms. The van der Waals surface area contributed by atoms with E-state index < -0.39 is 5.97 Å². The number of hydrogen-bond acceptors (Lipinski definition) is 4. The van der Waals surface area contributed by atoms with Gasteiger partial charge in [0.15, 0.2) is 0 Å². The first-order valence-electron chi connectivity index (χ1n) is 4.21. The van der Waals surface area contributed by atoms with E-state index in [0.29, 0.717) is 10.3 Å². The van der Waals surface area contributed by atoms with E-state index >= 15 is 0 Å². The molecule has 1 heterocycles. The third kappa shape index (κ3) is 1.39. The summed E-state index contributed by atoms with van der Waals surface area (Å²) < 4.78 is 2.55. The van der Waals surface area contributed by atoms with Crippen molar-refractivity contribution in [1.82, 2.24) is 4.57 Å². The number of para-hydroxylation sites is 1. The highest BCUT2D eigenvalue weighted by Gasteiger charge is 2.12. The van der Waals surface area contributed by atoms with E-state index in [1.54, 1.807) is 23.7 Å². The van der Waals surface area contributed by atoms with Gasteiger partial charge in [0.05, 0.1) is 15.8 Å². The van der Waals surface area contributed by atoms with E-state index in [-0.39, 0.29) is 5.56 Å². The fourth-order valence-electron chi connectivity index (χ4n) is 1.50. The zero-order chi connectivity index (χ0) is 11.0. The Morgan fingerprint density at radius 2 is 2.33 bits per heavy atom. The number of fused-ring (bicyclic) bond motifs is 1. The van der Waals surface area contributed by atoms with Crippen LogP contribution in [0.25, 0.3) is 10.2 Å². The Morgan fingerprint density at radius 1 is 1.60 bits per heavy atom. The van der Waals surface area contributed by atoms with E-state index in [2.05, 4.69) is 5.10 Å². The molecular formula is C9H9N3O2S. The van der Waals surface area contributed by atoms with Crippen molar-refractivity contribution in [3.8, 4) is 0 Å². The summed E-state index contributed by atoms with van der Waals surface area (Å²) in [7, 11) is 1.75. The van der Waals surface area contributed by atoms with Crippen molar-refractivity contribution < 1.29 is 9.90 Å². The molecular weight excluding hydrogens is 214 g/mol. The average Bonchev–Trinajstić information content (AvgIpc) is 2.55. The molecule has 0 aliphatic carbocycles. The molecule has 0 unspecified atom stereocenters. The van der Waals surface area contributed by atoms with Crippen molar-refractivity contribution in [1.29, 1.82) is 0 Å². The van der Waals surface area contributed by atoms with Gasteiger partial charge in [-0.2, -0.15) is 5.10 Å². The second-order valence-electron chi connectivity index (χ2n) is 3.03. The quantitative estimate of drug-likeness (QED) is 0.552. The van der Waals surface area contributed by atoms with Crippen molar-refractivity contribution in [2.24, 2.45) is 18.0 Å². The molecule has 6 heteroatoms. The molecule has 0 aliphatic rings. The van der Waals surface area contributed by atoms with Gasteiger partial charge in [0.1, 0.15) is 0 Å². The van der Waals surface area contributed by atoms with Crippen LogP contribution in [0.1, 0.15) is 10.4 Å². The third-order valence-electron chi connectivity index (χ3n) is 2.16. The SMILES string of the molecule is Cn1c(=NN)sc2cccc(C(=O)O)c21. The minimum atomic E-state index is -0.947. The first-order chi connectivity index (χ1) is 7.15. The smallest absolute Gasteiger partial charge is 0.337 e. The molecule has 1 aromatic heterocycles. The van der Waals surface area contributed by atoms with Crippen LogP contribution in [0.2, 0.25) is 0 Å². The van der Waals surface area contributed by atoms with Gasteiger partial charge in [-0.05, 0) is 12.1 Å². The lowest BCUT2D eigenvalue weighted by atomic mass is 10.2. The summed E-state index contributed by atoms with van der Waals surface area (Å²) in [5, 5.41) is 12.6. The number of aryl methyl sites for hydroxylation is 1. The molecule has 0 fully saturated rings. The van der Waals surface area contributed by atoms with E-state index in [0.717, 1.165) is 4.70 Å². The van der Waals surface area contributed by atoms with Crippen LogP contribution < -0.4 is 10.6 Å². The predicted molar refractivity (Wildman–Crippen MR) is 57.5 cm³/mol. The Morgan fingerprint density at radius 3 is 2.93 bits per heavy atom. The number of benzene rings is 1. The van der Waals surface area contributed by atoms with Crippen LogP contribution >= 0.6 is 11.3 Å². The van der Waals surface area contributed by atoms with E-state index in [4.69, 9.17) is 10.9 Å². The van der Waals surface area contributed by atoms with Gasteiger partial charge in [-0.25, -0.2) is 4.79 Å². The van der Waals surface area contributed by atoms with Crippen LogP contribution in [-0.4, -0.2) is 15.6 Å². The van der Waals surface area contributed by atoms with Gasteiger partial charge in [-0.3, -0.25) is 0 Å². The third-order valence-corrected chi connectivity index (χ3v) is 3.27. The van der Waals surface area contributed by atoms with Gasteiger partial charge < -0.3 is 15.5 Å². The maximum Gasteiger partial charge on any atom is 0.337 e. The maximum absolute atomic E-state index is 11.0. The highest BCUT2D eigenvalue weighted by atomic mass is 32.1. The molecule has 0 aliphatic heterocycles. The zero-order valence-electron chi connectivity index (χ0n) is 7.97. The van der Waals surface area contributed by atoms with Gasteiger partial charge >= 0.3 is 5.97 Å². The minimum absolute atomic E-state index is 0.265. The summed E-state index contributed by atoms with van der Waals surface area (Å²) in [5.74, 6) is 4.26. The second-order valence-corrected chi connectivity index (χ2v) is 4.04. The monoisotopic (exact) mass is 223 g/mol. The van der Waals surface area contributed by atoms with Crippen molar-refractivity contribution in [2.75, 3.05) is 0 Å². The first kappa shape index (κ1) is 9.72. The Balaban J connectivity index is 2.97. The molecule has 0 saturated carbocycles. The molecule has 3 N–H and O–H groups in total. The standard InChI is InChI=1S/C9H9N3O2S/c1-12-7-5(8(13)14)3-2-4-6(7)15-9(12)11-10/h2-4H,10H2,1H3,(H,13,14). The Hall–Kier alpha value is -1.82. The van der Waals surface area contributed by atoms with Crippen LogP contribution in [0, 0.1) is 0 Å². The van der Waals surface area contributed by atoms with Crippen LogP contribution in [0.5, 0.6) is 0 Å². The Kier molecular flexibility index (Phi) is 2.20. The number of nitrogens with two attached hydrogens (primary N) is 1. The topological polar surface area (TPSA) is 80.6 Å². The summed E-state index contributed by atoms with van der Waals surface area (Å²) in [6, 6.07) is 5.13. The largest absolute Gasteiger partial charge is 0.478 e. The van der Waals surface area contributed by atoms with E-state index in [1.165, 1.54) is 11.3 Å². The normalized spacial score (nSPS) is 12.2. The molecule has 1 aromatic carbocycles. The number of carbonyl (C=O) groups is 1. The predicted octanol–water partition coefficient (Wildman–Crippen LogP) is 0.712. The summed E-state index contributed by atoms with van der Waals surface area (Å²) in [6.45, 7) is 0. The molecule has 5 nitrogen and oxygen atoms in total. The van der Waals surface area contributed by atoms with Crippen molar-refractivity contribution in [3.05, 3.63) is 28.6 Å². The number of hydrogen-bond donors (Lipinski definition) is 2. The van der Waals surface area contributed by atoms with Crippen LogP contribution in [0.4, 0.5) is 0 Å². The molecule has 78 valence electrons. The van der Waals surface area contributed by atoms with Gasteiger partial charge in [-0.1, -0.05) is 17.4 Å². The molecule has 0 saturated heterocycles. The number of nitrogens with zero attached hydrogens (tertiary/aromatic N) is 2. The highest BCUT2D eigenvalue weighted by molar-refractivity contribution is 7.16. The molecule has 0 atom stereocenters. The van der Waals surface area contributed by atoms with Crippen molar-refractivity contribution in [2.45, 2.75) is 0 Å². The van der Waals surface area contributed by atoms with E-state index in [9.17, 15) is 4.79 Å². The van der Waals surface area contributed by atoms with Crippen LogP contribution in [0.15, 0.2) is 23.3 Å². The van der Waals surface area contributed by atoms with Gasteiger partial charge in [0.25, 0.3) is 0 Å². The number of aromatic nitrogens is 1. The van der Waals surface area contributed by atoms with Crippen LogP contribution in [-0.2, 0) is 7.05 Å². The van der Waals surface area contributed by atoms with Crippen molar-refractivity contribution in [3.63, 3.8) is 0 Å². The van der Waals surface area contributed by atoms with Gasteiger partial charge in [-0.15, -0.1) is 0 Å². The summed E-state index contributed by atoms with van der Waals surface area (Å²) in [5.41, 5.74) is 0.917. The average molecular weight is 223 g/mol. The number of carboxylic acid groups (broad SMARTS) is 1. The lowest BCUT2D eigenvalue weighted by Gasteiger charge is -1.99. The minimum Gasteiger partial charge on any atom is -0.478 e. The number of aromatic carboxylic acids is 1. The summed E-state index contributed by atoms with van der Waals surface area (Å²) in [6.07, 6.45) is 0.